The number of benzene rings is 2. The Morgan fingerprint density at radius 2 is 1.52 bits per heavy atom. The van der Waals surface area contributed by atoms with Gasteiger partial charge in [-0.1, -0.05) is 0 Å². The number of aromatic hydroxyl groups is 2. The second-order valence-electron chi connectivity index (χ2n) is 5.17. The monoisotopic (exact) mass is 344 g/mol. The van der Waals surface area contributed by atoms with Crippen LogP contribution in [-0.2, 0) is 0 Å². The van der Waals surface area contributed by atoms with Crippen molar-refractivity contribution in [3.05, 3.63) is 40.6 Å². The van der Waals surface area contributed by atoms with Gasteiger partial charge in [0.1, 0.15) is 16.9 Å². The fraction of sp³-hybridized carbons (Fsp3) is 0.167. The van der Waals surface area contributed by atoms with Crippen LogP contribution in [0.4, 0.5) is 0 Å². The summed E-state index contributed by atoms with van der Waals surface area (Å²) in [5.41, 5.74) is 0.0853. The van der Waals surface area contributed by atoms with Crippen molar-refractivity contribution < 1.29 is 28.8 Å². The molecule has 3 aromatic rings. The molecule has 0 aliphatic carbocycles. The SMILES string of the molecule is COc1ccc(-c2cc(=O)c3c(O)c(O)c(OC)c(OC)c3o2)cc1. The summed E-state index contributed by atoms with van der Waals surface area (Å²) in [6.07, 6.45) is 0. The number of phenolic OH excluding ortho intramolecular Hbond substituents is 2. The minimum absolute atomic E-state index is 0.0141. The van der Waals surface area contributed by atoms with E-state index in [1.165, 1.54) is 20.3 Å². The molecule has 3 rings (SSSR count). The van der Waals surface area contributed by atoms with Crippen molar-refractivity contribution in [3.8, 4) is 40.1 Å². The topological polar surface area (TPSA) is 98.4 Å². The van der Waals surface area contributed by atoms with E-state index in [4.69, 9.17) is 18.6 Å². The van der Waals surface area contributed by atoms with Crippen LogP contribution in [0.2, 0.25) is 0 Å². The minimum atomic E-state index is -0.623. The number of fused-ring (bicyclic) bond motifs is 1. The first-order valence-corrected chi connectivity index (χ1v) is 7.30. The van der Waals surface area contributed by atoms with Crippen molar-refractivity contribution in [2.45, 2.75) is 0 Å². The molecular formula is C18H16O7. The first-order valence-electron chi connectivity index (χ1n) is 7.30. The molecule has 0 unspecified atom stereocenters. The zero-order valence-corrected chi connectivity index (χ0v) is 13.8. The van der Waals surface area contributed by atoms with Gasteiger partial charge in [-0.15, -0.1) is 0 Å². The molecule has 0 fully saturated rings. The Labute approximate surface area is 142 Å². The van der Waals surface area contributed by atoms with Crippen LogP contribution in [0.15, 0.2) is 39.5 Å². The molecule has 0 spiro atoms. The van der Waals surface area contributed by atoms with E-state index in [1.54, 1.807) is 31.4 Å². The smallest absolute Gasteiger partial charge is 0.211 e. The number of ether oxygens (including phenoxy) is 3. The summed E-state index contributed by atoms with van der Waals surface area (Å²) in [5.74, 6) is -0.388. The molecule has 130 valence electrons. The first-order chi connectivity index (χ1) is 12.0. The molecule has 25 heavy (non-hydrogen) atoms. The van der Waals surface area contributed by atoms with Gasteiger partial charge >= 0.3 is 0 Å². The highest BCUT2D eigenvalue weighted by molar-refractivity contribution is 5.95. The van der Waals surface area contributed by atoms with Gasteiger partial charge < -0.3 is 28.8 Å². The molecule has 0 radical (unpaired) electrons. The fourth-order valence-corrected chi connectivity index (χ4v) is 2.59. The summed E-state index contributed by atoms with van der Waals surface area (Å²) >= 11 is 0. The van der Waals surface area contributed by atoms with Crippen molar-refractivity contribution in [1.29, 1.82) is 0 Å². The standard InChI is InChI=1S/C18H16O7/c1-22-10-6-4-9(5-7-10)12-8-11(19)13-14(20)15(21)17(23-2)18(24-3)16(13)25-12/h4-8,20-21H,1-3H3. The van der Waals surface area contributed by atoms with Crippen LogP contribution >= 0.6 is 0 Å². The molecule has 7 heteroatoms. The van der Waals surface area contributed by atoms with Crippen molar-refractivity contribution in [2.24, 2.45) is 0 Å². The Bertz CT molecular complexity index is 987. The van der Waals surface area contributed by atoms with E-state index in [9.17, 15) is 15.0 Å². The maximum atomic E-state index is 12.5. The Morgan fingerprint density at radius 1 is 0.880 bits per heavy atom. The van der Waals surface area contributed by atoms with Crippen molar-refractivity contribution in [1.82, 2.24) is 0 Å². The molecule has 0 amide bonds. The summed E-state index contributed by atoms with van der Waals surface area (Å²) in [5, 5.41) is 20.0. The van der Waals surface area contributed by atoms with Gasteiger partial charge in [0.25, 0.3) is 0 Å². The average Bonchev–Trinajstić information content (AvgIpc) is 2.63. The van der Waals surface area contributed by atoms with E-state index in [2.05, 4.69) is 0 Å². The lowest BCUT2D eigenvalue weighted by molar-refractivity contribution is 0.321. The van der Waals surface area contributed by atoms with Crippen molar-refractivity contribution in [2.75, 3.05) is 21.3 Å². The lowest BCUT2D eigenvalue weighted by Crippen LogP contribution is -2.03. The Hall–Kier alpha value is -3.35. The third-order valence-corrected chi connectivity index (χ3v) is 3.82. The number of phenols is 2. The van der Waals surface area contributed by atoms with Crippen LogP contribution in [0.3, 0.4) is 0 Å². The Morgan fingerprint density at radius 3 is 2.08 bits per heavy atom. The van der Waals surface area contributed by atoms with Gasteiger partial charge in [-0.2, -0.15) is 0 Å². The molecule has 7 nitrogen and oxygen atoms in total. The molecule has 0 saturated carbocycles. The van der Waals surface area contributed by atoms with Crippen LogP contribution < -0.4 is 19.6 Å². The van der Waals surface area contributed by atoms with Gasteiger partial charge in [-0.05, 0) is 24.3 Å². The number of hydrogen-bond acceptors (Lipinski definition) is 7. The van der Waals surface area contributed by atoms with Gasteiger partial charge in [0.2, 0.25) is 17.2 Å². The first kappa shape index (κ1) is 16.5. The third kappa shape index (κ3) is 2.59. The average molecular weight is 344 g/mol. The van der Waals surface area contributed by atoms with Crippen molar-refractivity contribution in [3.63, 3.8) is 0 Å². The molecule has 0 saturated heterocycles. The molecule has 1 aromatic heterocycles. The quantitative estimate of drug-likeness (QED) is 0.702. The zero-order valence-electron chi connectivity index (χ0n) is 13.8. The van der Waals surface area contributed by atoms with Crippen LogP contribution in [-0.4, -0.2) is 31.5 Å². The van der Waals surface area contributed by atoms with Crippen LogP contribution in [0, 0.1) is 0 Å². The van der Waals surface area contributed by atoms with E-state index in [0.717, 1.165) is 0 Å². The minimum Gasteiger partial charge on any atom is -0.504 e. The van der Waals surface area contributed by atoms with E-state index in [0.29, 0.717) is 11.3 Å². The van der Waals surface area contributed by atoms with E-state index in [-0.39, 0.29) is 28.2 Å². The molecule has 0 atom stereocenters. The molecule has 0 bridgehead atoms. The van der Waals surface area contributed by atoms with Gasteiger partial charge in [-0.25, -0.2) is 0 Å². The number of rotatable bonds is 4. The molecule has 2 N–H and O–H groups in total. The summed E-state index contributed by atoms with van der Waals surface area (Å²) in [6.45, 7) is 0. The summed E-state index contributed by atoms with van der Waals surface area (Å²) < 4.78 is 21.2. The van der Waals surface area contributed by atoms with E-state index >= 15 is 0 Å². The second kappa shape index (κ2) is 6.27. The van der Waals surface area contributed by atoms with Gasteiger partial charge in [0.05, 0.1) is 21.3 Å². The fourth-order valence-electron chi connectivity index (χ4n) is 2.59. The van der Waals surface area contributed by atoms with Crippen molar-refractivity contribution >= 4 is 11.0 Å². The van der Waals surface area contributed by atoms with Crippen LogP contribution in [0.25, 0.3) is 22.3 Å². The second-order valence-corrected chi connectivity index (χ2v) is 5.17. The lowest BCUT2D eigenvalue weighted by atomic mass is 10.1. The molecule has 1 heterocycles. The maximum Gasteiger partial charge on any atom is 0.211 e. The van der Waals surface area contributed by atoms with Gasteiger partial charge in [-0.3, -0.25) is 4.79 Å². The third-order valence-electron chi connectivity index (χ3n) is 3.82. The molecule has 0 aliphatic rings. The summed E-state index contributed by atoms with van der Waals surface area (Å²) in [6, 6.07) is 8.15. The predicted octanol–water partition coefficient (Wildman–Crippen LogP) is 2.90. The van der Waals surface area contributed by atoms with Crippen LogP contribution in [0.1, 0.15) is 0 Å². The highest BCUT2D eigenvalue weighted by atomic mass is 16.5. The maximum absolute atomic E-state index is 12.5. The summed E-state index contributed by atoms with van der Waals surface area (Å²) in [4.78, 5) is 12.5. The highest BCUT2D eigenvalue weighted by Gasteiger charge is 2.25. The summed E-state index contributed by atoms with van der Waals surface area (Å²) in [7, 11) is 4.19. The van der Waals surface area contributed by atoms with Crippen LogP contribution in [0.5, 0.6) is 28.7 Å². The Balaban J connectivity index is 2.34. The number of hydrogen-bond donors (Lipinski definition) is 2. The predicted molar refractivity (Wildman–Crippen MR) is 90.9 cm³/mol. The van der Waals surface area contributed by atoms with Gasteiger partial charge in [0, 0.05) is 11.6 Å². The van der Waals surface area contributed by atoms with E-state index in [1.807, 2.05) is 0 Å². The zero-order chi connectivity index (χ0) is 18.1. The molecule has 0 aliphatic heterocycles. The van der Waals surface area contributed by atoms with Gasteiger partial charge in [0.15, 0.2) is 16.8 Å². The normalized spacial score (nSPS) is 10.7. The largest absolute Gasteiger partial charge is 0.504 e. The lowest BCUT2D eigenvalue weighted by Gasteiger charge is -2.14. The molecule has 2 aromatic carbocycles. The van der Waals surface area contributed by atoms with E-state index < -0.39 is 16.9 Å². The number of methoxy groups -OCH3 is 3. The highest BCUT2D eigenvalue weighted by Crippen LogP contribution is 2.49. The Kier molecular flexibility index (Phi) is 4.14. The molecular weight excluding hydrogens is 328 g/mol.